The highest BCUT2D eigenvalue weighted by Gasteiger charge is 2.18. The van der Waals surface area contributed by atoms with Crippen LogP contribution in [0.1, 0.15) is 0 Å². The van der Waals surface area contributed by atoms with Crippen LogP contribution in [0.25, 0.3) is 110 Å². The quantitative estimate of drug-likeness (QED) is 0.173. The fourth-order valence-corrected chi connectivity index (χ4v) is 9.08. The predicted octanol–water partition coefficient (Wildman–Crippen LogP) is 14.8. The molecule has 0 spiro atoms. The molecule has 3 aromatic heterocycles. The second kappa shape index (κ2) is 12.5. The summed E-state index contributed by atoms with van der Waals surface area (Å²) in [7, 11) is 0. The number of nitrogens with zero attached hydrogens (tertiary/aromatic N) is 2. The Bertz CT molecular complexity index is 3510. The van der Waals surface area contributed by atoms with Gasteiger partial charge in [-0.15, -0.1) is 0 Å². The topological polar surface area (TPSA) is 23.0 Å². The summed E-state index contributed by atoms with van der Waals surface area (Å²) in [5, 5.41) is 7.20. The standard InChI is InChI=1S/C54H34N2O/c1-2-12-35(13-3-1)36-22-24-37(25-23-36)41-14-4-8-18-48(41)56-50-20-10-6-16-43(50)46-33-39(27-30-52(46)56)38-26-29-51-45(32-38)42-15-5-9-19-49(42)55(51)40-28-31-54-47(34-40)44-17-7-11-21-53(44)57-54/h1-34H. The second-order valence-electron chi connectivity index (χ2n) is 14.9. The number of benzene rings is 9. The lowest BCUT2D eigenvalue weighted by Crippen LogP contribution is -1.97. The molecule has 266 valence electrons. The number of para-hydroxylation sites is 4. The van der Waals surface area contributed by atoms with Crippen LogP contribution in [0.15, 0.2) is 211 Å². The number of hydrogen-bond acceptors (Lipinski definition) is 1. The van der Waals surface area contributed by atoms with Crippen LogP contribution in [-0.4, -0.2) is 9.13 Å². The highest BCUT2D eigenvalue weighted by molar-refractivity contribution is 6.13. The number of fused-ring (bicyclic) bond motifs is 9. The molecule has 0 amide bonds. The van der Waals surface area contributed by atoms with Crippen molar-refractivity contribution in [2.75, 3.05) is 0 Å². The summed E-state index contributed by atoms with van der Waals surface area (Å²) in [5.41, 5.74) is 16.1. The van der Waals surface area contributed by atoms with Gasteiger partial charge in [-0.2, -0.15) is 0 Å². The van der Waals surface area contributed by atoms with Crippen molar-refractivity contribution in [1.29, 1.82) is 0 Å². The fraction of sp³-hybridized carbons (Fsp3) is 0. The van der Waals surface area contributed by atoms with Crippen LogP contribution in [0.2, 0.25) is 0 Å². The molecule has 9 aromatic carbocycles. The molecule has 3 heterocycles. The molecule has 0 aliphatic rings. The second-order valence-corrected chi connectivity index (χ2v) is 14.9. The molecule has 3 nitrogen and oxygen atoms in total. The monoisotopic (exact) mass is 726 g/mol. The van der Waals surface area contributed by atoms with E-state index in [4.69, 9.17) is 4.42 Å². The molecule has 0 unspecified atom stereocenters. The Morgan fingerprint density at radius 3 is 1.53 bits per heavy atom. The molecule has 0 saturated carbocycles. The first kappa shape index (κ1) is 31.7. The SMILES string of the molecule is c1ccc(-c2ccc(-c3ccccc3-n3c4ccccc4c4cc(-c5ccc6c(c5)c5ccccc5n6-c5ccc6oc7ccccc7c6c5)ccc43)cc2)cc1. The lowest BCUT2D eigenvalue weighted by molar-refractivity contribution is 0.669. The minimum absolute atomic E-state index is 0.903. The molecular weight excluding hydrogens is 693 g/mol. The van der Waals surface area contributed by atoms with E-state index in [1.807, 2.05) is 12.1 Å². The molecule has 0 bridgehead atoms. The van der Waals surface area contributed by atoms with Gasteiger partial charge in [0.25, 0.3) is 0 Å². The molecule has 12 rings (SSSR count). The lowest BCUT2D eigenvalue weighted by atomic mass is 9.99. The summed E-state index contributed by atoms with van der Waals surface area (Å²) in [6.45, 7) is 0. The maximum Gasteiger partial charge on any atom is 0.135 e. The summed E-state index contributed by atoms with van der Waals surface area (Å²) in [6.07, 6.45) is 0. The van der Waals surface area contributed by atoms with Gasteiger partial charge in [0.05, 0.1) is 27.8 Å². The molecule has 3 heteroatoms. The number of aromatic nitrogens is 2. The maximum atomic E-state index is 6.18. The Kier molecular flexibility index (Phi) is 6.93. The normalized spacial score (nSPS) is 11.9. The van der Waals surface area contributed by atoms with E-state index in [9.17, 15) is 0 Å². The number of rotatable bonds is 5. The summed E-state index contributed by atoms with van der Waals surface area (Å²) in [6, 6.07) is 74.6. The van der Waals surface area contributed by atoms with Crippen molar-refractivity contribution in [3.05, 3.63) is 206 Å². The van der Waals surface area contributed by atoms with Crippen molar-refractivity contribution in [1.82, 2.24) is 9.13 Å². The molecule has 0 radical (unpaired) electrons. The third-order valence-electron chi connectivity index (χ3n) is 11.7. The van der Waals surface area contributed by atoms with E-state index in [1.165, 1.54) is 82.7 Å². The van der Waals surface area contributed by atoms with E-state index in [1.54, 1.807) is 0 Å². The first-order valence-corrected chi connectivity index (χ1v) is 19.5. The van der Waals surface area contributed by atoms with E-state index in [0.29, 0.717) is 0 Å². The van der Waals surface area contributed by atoms with Gasteiger partial charge in [-0.25, -0.2) is 0 Å². The maximum absolute atomic E-state index is 6.18. The predicted molar refractivity (Wildman–Crippen MR) is 239 cm³/mol. The molecule has 0 saturated heterocycles. The molecular formula is C54H34N2O. The highest BCUT2D eigenvalue weighted by atomic mass is 16.3. The van der Waals surface area contributed by atoms with Crippen LogP contribution < -0.4 is 0 Å². The molecule has 0 aliphatic heterocycles. The Morgan fingerprint density at radius 2 is 0.789 bits per heavy atom. The van der Waals surface area contributed by atoms with E-state index < -0.39 is 0 Å². The minimum Gasteiger partial charge on any atom is -0.456 e. The third kappa shape index (κ3) is 4.92. The zero-order chi connectivity index (χ0) is 37.5. The van der Waals surface area contributed by atoms with Crippen LogP contribution in [0.4, 0.5) is 0 Å². The molecule has 57 heavy (non-hydrogen) atoms. The van der Waals surface area contributed by atoms with Gasteiger partial charge in [0.1, 0.15) is 11.2 Å². The van der Waals surface area contributed by atoms with Gasteiger partial charge in [0, 0.05) is 43.6 Å². The third-order valence-corrected chi connectivity index (χ3v) is 11.7. The minimum atomic E-state index is 0.903. The molecule has 0 fully saturated rings. The molecule has 12 aromatic rings. The average Bonchev–Trinajstić information content (AvgIpc) is 3.93. The van der Waals surface area contributed by atoms with Gasteiger partial charge in [0.15, 0.2) is 0 Å². The Morgan fingerprint density at radius 1 is 0.281 bits per heavy atom. The van der Waals surface area contributed by atoms with Gasteiger partial charge < -0.3 is 13.6 Å². The van der Waals surface area contributed by atoms with Gasteiger partial charge in [-0.1, -0.05) is 140 Å². The van der Waals surface area contributed by atoms with Crippen molar-refractivity contribution in [3.8, 4) is 44.8 Å². The lowest BCUT2D eigenvalue weighted by Gasteiger charge is -2.14. The summed E-state index contributed by atoms with van der Waals surface area (Å²) < 4.78 is 11.0. The van der Waals surface area contributed by atoms with Crippen molar-refractivity contribution in [3.63, 3.8) is 0 Å². The summed E-state index contributed by atoms with van der Waals surface area (Å²) >= 11 is 0. The van der Waals surface area contributed by atoms with Crippen molar-refractivity contribution in [2.45, 2.75) is 0 Å². The zero-order valence-corrected chi connectivity index (χ0v) is 30.9. The van der Waals surface area contributed by atoms with Crippen LogP contribution in [0, 0.1) is 0 Å². The van der Waals surface area contributed by atoms with Crippen LogP contribution >= 0.6 is 0 Å². The smallest absolute Gasteiger partial charge is 0.135 e. The van der Waals surface area contributed by atoms with Gasteiger partial charge in [0.2, 0.25) is 0 Å². The van der Waals surface area contributed by atoms with Gasteiger partial charge in [-0.05, 0) is 94.5 Å². The van der Waals surface area contributed by atoms with E-state index in [0.717, 1.165) is 27.6 Å². The molecule has 0 atom stereocenters. The number of hydrogen-bond donors (Lipinski definition) is 0. The fourth-order valence-electron chi connectivity index (χ4n) is 9.08. The largest absolute Gasteiger partial charge is 0.456 e. The van der Waals surface area contributed by atoms with Crippen LogP contribution in [0.5, 0.6) is 0 Å². The first-order valence-electron chi connectivity index (χ1n) is 19.5. The van der Waals surface area contributed by atoms with Crippen LogP contribution in [-0.2, 0) is 0 Å². The van der Waals surface area contributed by atoms with Gasteiger partial charge in [-0.3, -0.25) is 0 Å². The van der Waals surface area contributed by atoms with Crippen LogP contribution in [0.3, 0.4) is 0 Å². The Balaban J connectivity index is 0.992. The van der Waals surface area contributed by atoms with Crippen molar-refractivity contribution < 1.29 is 4.42 Å². The Labute approximate surface area is 328 Å². The average molecular weight is 727 g/mol. The van der Waals surface area contributed by atoms with E-state index >= 15 is 0 Å². The van der Waals surface area contributed by atoms with E-state index in [-0.39, 0.29) is 0 Å². The van der Waals surface area contributed by atoms with Crippen molar-refractivity contribution in [2.24, 2.45) is 0 Å². The highest BCUT2D eigenvalue weighted by Crippen LogP contribution is 2.41. The molecule has 0 aliphatic carbocycles. The van der Waals surface area contributed by atoms with Crippen molar-refractivity contribution >= 4 is 65.6 Å². The first-order chi connectivity index (χ1) is 28.3. The summed E-state index contributed by atoms with van der Waals surface area (Å²) in [5.74, 6) is 0. The Hall–Kier alpha value is -7.62. The summed E-state index contributed by atoms with van der Waals surface area (Å²) in [4.78, 5) is 0. The molecule has 0 N–H and O–H groups in total. The number of furan rings is 1. The van der Waals surface area contributed by atoms with Gasteiger partial charge >= 0.3 is 0 Å². The zero-order valence-electron chi connectivity index (χ0n) is 30.9. The van der Waals surface area contributed by atoms with E-state index in [2.05, 4.69) is 203 Å².